The number of benzene rings is 1. The molecule has 0 unspecified atom stereocenters. The Kier molecular flexibility index (Phi) is 3.85. The maximum atomic E-state index is 13.8. The Morgan fingerprint density at radius 1 is 1.47 bits per heavy atom. The SMILES string of the molecule is CC1(C)COCCN1Cc1ccc(Br)cc1F. The van der Waals surface area contributed by atoms with Crippen molar-refractivity contribution in [2.45, 2.75) is 25.9 Å². The molecule has 0 aliphatic carbocycles. The van der Waals surface area contributed by atoms with Crippen LogP contribution in [0, 0.1) is 5.82 Å². The fraction of sp³-hybridized carbons (Fsp3) is 0.538. The van der Waals surface area contributed by atoms with Crippen LogP contribution >= 0.6 is 15.9 Å². The van der Waals surface area contributed by atoms with Crippen LogP contribution in [-0.4, -0.2) is 30.2 Å². The number of morpholine rings is 1. The Hall–Kier alpha value is -0.450. The zero-order valence-corrected chi connectivity index (χ0v) is 11.8. The van der Waals surface area contributed by atoms with Crippen molar-refractivity contribution in [2.75, 3.05) is 19.8 Å². The van der Waals surface area contributed by atoms with Crippen LogP contribution in [0.4, 0.5) is 4.39 Å². The topological polar surface area (TPSA) is 12.5 Å². The third-order valence-corrected chi connectivity index (χ3v) is 3.69. The Bertz CT molecular complexity index is 408. The van der Waals surface area contributed by atoms with E-state index in [9.17, 15) is 4.39 Å². The van der Waals surface area contributed by atoms with Crippen molar-refractivity contribution in [3.63, 3.8) is 0 Å². The normalized spacial score (nSPS) is 20.5. The van der Waals surface area contributed by atoms with Crippen LogP contribution in [0.5, 0.6) is 0 Å². The summed E-state index contributed by atoms with van der Waals surface area (Å²) in [6.45, 7) is 7.16. The van der Waals surface area contributed by atoms with Gasteiger partial charge in [-0.3, -0.25) is 4.90 Å². The predicted octanol–water partition coefficient (Wildman–Crippen LogP) is 3.20. The highest BCUT2D eigenvalue weighted by atomic mass is 79.9. The molecular formula is C13H17BrFNO. The molecule has 1 saturated heterocycles. The smallest absolute Gasteiger partial charge is 0.128 e. The molecular weight excluding hydrogens is 285 g/mol. The molecule has 0 N–H and O–H groups in total. The number of ether oxygens (including phenoxy) is 1. The third kappa shape index (κ3) is 3.06. The van der Waals surface area contributed by atoms with Gasteiger partial charge >= 0.3 is 0 Å². The van der Waals surface area contributed by atoms with E-state index in [4.69, 9.17) is 4.74 Å². The van der Waals surface area contributed by atoms with Crippen LogP contribution in [0.1, 0.15) is 19.4 Å². The van der Waals surface area contributed by atoms with Gasteiger partial charge in [-0.2, -0.15) is 0 Å². The molecule has 4 heteroatoms. The number of nitrogens with zero attached hydrogens (tertiary/aromatic N) is 1. The zero-order valence-electron chi connectivity index (χ0n) is 10.2. The minimum Gasteiger partial charge on any atom is -0.378 e. The van der Waals surface area contributed by atoms with Crippen LogP contribution in [0.25, 0.3) is 0 Å². The van der Waals surface area contributed by atoms with Crippen molar-refractivity contribution in [3.8, 4) is 0 Å². The first kappa shape index (κ1) is 13.0. The van der Waals surface area contributed by atoms with Crippen LogP contribution in [-0.2, 0) is 11.3 Å². The third-order valence-electron chi connectivity index (χ3n) is 3.19. The lowest BCUT2D eigenvalue weighted by Gasteiger charge is -2.42. The Labute approximate surface area is 110 Å². The quantitative estimate of drug-likeness (QED) is 0.832. The van der Waals surface area contributed by atoms with Crippen molar-refractivity contribution in [3.05, 3.63) is 34.1 Å². The van der Waals surface area contributed by atoms with Crippen molar-refractivity contribution in [1.29, 1.82) is 0 Å². The summed E-state index contributed by atoms with van der Waals surface area (Å²) >= 11 is 3.27. The molecule has 1 aromatic carbocycles. The maximum absolute atomic E-state index is 13.8. The molecule has 0 aromatic heterocycles. The minimum absolute atomic E-state index is 0.0300. The van der Waals surface area contributed by atoms with Gasteiger partial charge in [-0.15, -0.1) is 0 Å². The van der Waals surface area contributed by atoms with Gasteiger partial charge in [-0.25, -0.2) is 4.39 Å². The van der Waals surface area contributed by atoms with E-state index in [0.717, 1.165) is 23.2 Å². The van der Waals surface area contributed by atoms with Crippen molar-refractivity contribution >= 4 is 15.9 Å². The highest BCUT2D eigenvalue weighted by Crippen LogP contribution is 2.23. The Morgan fingerprint density at radius 3 is 2.88 bits per heavy atom. The van der Waals surface area contributed by atoms with E-state index >= 15 is 0 Å². The summed E-state index contributed by atoms with van der Waals surface area (Å²) in [5.74, 6) is -0.151. The molecule has 0 atom stereocenters. The van der Waals surface area contributed by atoms with Crippen molar-refractivity contribution in [2.24, 2.45) is 0 Å². The lowest BCUT2D eigenvalue weighted by Crippen LogP contribution is -2.52. The monoisotopic (exact) mass is 301 g/mol. The highest BCUT2D eigenvalue weighted by Gasteiger charge is 2.30. The van der Waals surface area contributed by atoms with Crippen molar-refractivity contribution < 1.29 is 9.13 Å². The largest absolute Gasteiger partial charge is 0.378 e. The fourth-order valence-corrected chi connectivity index (χ4v) is 2.37. The van der Waals surface area contributed by atoms with Crippen LogP contribution < -0.4 is 0 Å². The predicted molar refractivity (Wildman–Crippen MR) is 69.4 cm³/mol. The summed E-state index contributed by atoms with van der Waals surface area (Å²) in [7, 11) is 0. The number of hydrogen-bond acceptors (Lipinski definition) is 2. The summed E-state index contributed by atoms with van der Waals surface area (Å²) in [5.41, 5.74) is 0.709. The first-order valence-corrected chi connectivity index (χ1v) is 6.55. The Morgan fingerprint density at radius 2 is 2.24 bits per heavy atom. The summed E-state index contributed by atoms with van der Waals surface area (Å²) < 4.78 is 20.0. The first-order valence-electron chi connectivity index (χ1n) is 5.76. The molecule has 1 fully saturated rings. The molecule has 1 aromatic rings. The van der Waals surface area contributed by atoms with E-state index < -0.39 is 0 Å². The van der Waals surface area contributed by atoms with Gasteiger partial charge in [0, 0.05) is 28.7 Å². The molecule has 2 nitrogen and oxygen atoms in total. The minimum atomic E-state index is -0.151. The first-order chi connectivity index (χ1) is 7.99. The summed E-state index contributed by atoms with van der Waals surface area (Å²) in [6, 6.07) is 5.24. The average Bonchev–Trinajstić information content (AvgIpc) is 2.24. The van der Waals surface area contributed by atoms with Crippen LogP contribution in [0.3, 0.4) is 0 Å². The van der Waals surface area contributed by atoms with Crippen molar-refractivity contribution in [1.82, 2.24) is 4.90 Å². The summed E-state index contributed by atoms with van der Waals surface area (Å²) in [4.78, 5) is 2.27. The number of halogens is 2. The van der Waals surface area contributed by atoms with Gasteiger partial charge in [0.15, 0.2) is 0 Å². The molecule has 1 heterocycles. The van der Waals surface area contributed by atoms with Crippen LogP contribution in [0.2, 0.25) is 0 Å². The lowest BCUT2D eigenvalue weighted by molar-refractivity contribution is -0.0556. The molecule has 0 radical (unpaired) electrons. The zero-order chi connectivity index (χ0) is 12.5. The highest BCUT2D eigenvalue weighted by molar-refractivity contribution is 9.10. The molecule has 94 valence electrons. The van der Waals surface area contributed by atoms with Crippen LogP contribution in [0.15, 0.2) is 22.7 Å². The molecule has 1 aliphatic rings. The Balaban J connectivity index is 2.14. The van der Waals surface area contributed by atoms with E-state index in [1.807, 2.05) is 12.1 Å². The molecule has 0 bridgehead atoms. The maximum Gasteiger partial charge on any atom is 0.128 e. The fourth-order valence-electron chi connectivity index (χ4n) is 2.04. The van der Waals surface area contributed by atoms with E-state index in [-0.39, 0.29) is 11.4 Å². The molecule has 0 saturated carbocycles. The summed E-state index contributed by atoms with van der Waals surface area (Å²) in [6.07, 6.45) is 0. The van der Waals surface area contributed by atoms with E-state index in [2.05, 4.69) is 34.7 Å². The van der Waals surface area contributed by atoms with Gasteiger partial charge in [0.2, 0.25) is 0 Å². The molecule has 0 amide bonds. The number of hydrogen-bond donors (Lipinski definition) is 0. The molecule has 0 spiro atoms. The molecule has 17 heavy (non-hydrogen) atoms. The molecule has 2 rings (SSSR count). The molecule has 1 aliphatic heterocycles. The second-order valence-corrected chi connectivity index (χ2v) is 5.94. The van der Waals surface area contributed by atoms with Gasteiger partial charge < -0.3 is 4.74 Å². The second kappa shape index (κ2) is 5.04. The van der Waals surface area contributed by atoms with Gasteiger partial charge in [0.05, 0.1) is 13.2 Å². The van der Waals surface area contributed by atoms with E-state index in [0.29, 0.717) is 13.2 Å². The van der Waals surface area contributed by atoms with E-state index in [1.165, 1.54) is 6.07 Å². The van der Waals surface area contributed by atoms with Gasteiger partial charge in [0.1, 0.15) is 5.82 Å². The second-order valence-electron chi connectivity index (χ2n) is 5.02. The van der Waals surface area contributed by atoms with Gasteiger partial charge in [-0.05, 0) is 26.0 Å². The van der Waals surface area contributed by atoms with Gasteiger partial charge in [-0.1, -0.05) is 22.0 Å². The lowest BCUT2D eigenvalue weighted by atomic mass is 10.0. The van der Waals surface area contributed by atoms with E-state index in [1.54, 1.807) is 0 Å². The average molecular weight is 302 g/mol. The standard InChI is InChI=1S/C13H17BrFNO/c1-13(2)9-17-6-5-16(13)8-10-3-4-11(14)7-12(10)15/h3-4,7H,5-6,8-9H2,1-2H3. The summed E-state index contributed by atoms with van der Waals surface area (Å²) in [5, 5.41) is 0. The number of rotatable bonds is 2. The van der Waals surface area contributed by atoms with Gasteiger partial charge in [0.25, 0.3) is 0 Å².